The Hall–Kier alpha value is -2.06. The topological polar surface area (TPSA) is 67.6 Å². The van der Waals surface area contributed by atoms with Crippen LogP contribution in [0.5, 0.6) is 0 Å². The minimum absolute atomic E-state index is 0.0496. The predicted octanol–water partition coefficient (Wildman–Crippen LogP) is 2.50. The van der Waals surface area contributed by atoms with E-state index in [4.69, 9.17) is 5.11 Å². The molecule has 0 saturated heterocycles. The number of nitriles is 1. The molecule has 1 atom stereocenters. The number of nitrogens with zero attached hydrogens (tertiary/aromatic N) is 3. The largest absolute Gasteiger partial charge is 0.481 e. The van der Waals surface area contributed by atoms with Gasteiger partial charge in [0.2, 0.25) is 0 Å². The van der Waals surface area contributed by atoms with Crippen LogP contribution in [-0.2, 0) is 4.79 Å². The molecule has 1 N–H and O–H groups in total. The molecule has 5 heteroatoms. The van der Waals surface area contributed by atoms with Gasteiger partial charge in [-0.05, 0) is 30.7 Å². The summed E-state index contributed by atoms with van der Waals surface area (Å²) in [6, 6.07) is 9.71. The van der Waals surface area contributed by atoms with E-state index in [1.165, 1.54) is 0 Å². The van der Waals surface area contributed by atoms with E-state index in [0.29, 0.717) is 13.1 Å². The van der Waals surface area contributed by atoms with Crippen molar-refractivity contribution in [3.05, 3.63) is 29.8 Å². The molecule has 1 aromatic rings. The van der Waals surface area contributed by atoms with E-state index in [9.17, 15) is 10.1 Å². The molecule has 1 rings (SSSR count). The summed E-state index contributed by atoms with van der Waals surface area (Å²) in [5.41, 5.74) is 1.98. The second-order valence-electron chi connectivity index (χ2n) is 5.20. The molecule has 0 spiro atoms. The fourth-order valence-electron chi connectivity index (χ4n) is 2.22. The first-order chi connectivity index (χ1) is 9.99. The third-order valence-electron chi connectivity index (χ3n) is 3.34. The Morgan fingerprint density at radius 3 is 2.33 bits per heavy atom. The maximum atomic E-state index is 10.8. The summed E-state index contributed by atoms with van der Waals surface area (Å²) in [6.07, 6.45) is 0.932. The van der Waals surface area contributed by atoms with Gasteiger partial charge in [0.1, 0.15) is 6.04 Å². The third kappa shape index (κ3) is 5.09. The number of anilines is 1. The molecule has 114 valence electrons. The van der Waals surface area contributed by atoms with Crippen molar-refractivity contribution in [3.63, 3.8) is 0 Å². The fraction of sp³-hybridized carbons (Fsp3) is 0.500. The van der Waals surface area contributed by atoms with Crippen molar-refractivity contribution in [2.75, 3.05) is 32.1 Å². The number of hydrogen-bond acceptors (Lipinski definition) is 4. The lowest BCUT2D eigenvalue weighted by atomic mass is 10.1. The summed E-state index contributed by atoms with van der Waals surface area (Å²) >= 11 is 0. The van der Waals surface area contributed by atoms with Crippen LogP contribution in [0.3, 0.4) is 0 Å². The molecule has 5 nitrogen and oxygen atoms in total. The van der Waals surface area contributed by atoms with Crippen molar-refractivity contribution < 1.29 is 9.90 Å². The number of hydrogen-bond donors (Lipinski definition) is 1. The van der Waals surface area contributed by atoms with E-state index in [1.807, 2.05) is 55.1 Å². The van der Waals surface area contributed by atoms with Gasteiger partial charge in [-0.1, -0.05) is 19.1 Å². The zero-order valence-electron chi connectivity index (χ0n) is 12.9. The first-order valence-electron chi connectivity index (χ1n) is 7.12. The standard InChI is InChI=1S/C16H23N3O2/c1-4-10-19(11-9-16(20)21)15(12-17)13-5-7-14(8-6-13)18(2)3/h5-8,15H,4,9-11H2,1-3H3,(H,20,21). The fourth-order valence-corrected chi connectivity index (χ4v) is 2.22. The van der Waals surface area contributed by atoms with Crippen molar-refractivity contribution in [2.24, 2.45) is 0 Å². The lowest BCUT2D eigenvalue weighted by molar-refractivity contribution is -0.137. The molecular weight excluding hydrogens is 266 g/mol. The number of carboxylic acid groups (broad SMARTS) is 1. The van der Waals surface area contributed by atoms with Crippen molar-refractivity contribution in [1.82, 2.24) is 4.90 Å². The number of rotatable bonds is 8. The summed E-state index contributed by atoms with van der Waals surface area (Å²) < 4.78 is 0. The molecule has 0 fully saturated rings. The Morgan fingerprint density at radius 2 is 1.90 bits per heavy atom. The van der Waals surface area contributed by atoms with Gasteiger partial charge >= 0.3 is 5.97 Å². The van der Waals surface area contributed by atoms with E-state index in [0.717, 1.165) is 17.7 Å². The average molecular weight is 289 g/mol. The van der Waals surface area contributed by atoms with Gasteiger partial charge in [-0.3, -0.25) is 9.69 Å². The Labute approximate surface area is 126 Å². The Kier molecular flexibility index (Phi) is 6.70. The van der Waals surface area contributed by atoms with E-state index in [-0.39, 0.29) is 6.42 Å². The highest BCUT2D eigenvalue weighted by Gasteiger charge is 2.20. The van der Waals surface area contributed by atoms with Crippen molar-refractivity contribution in [3.8, 4) is 6.07 Å². The van der Waals surface area contributed by atoms with E-state index in [1.54, 1.807) is 0 Å². The molecular formula is C16H23N3O2. The molecule has 1 aromatic carbocycles. The van der Waals surface area contributed by atoms with Gasteiger partial charge in [0.05, 0.1) is 12.5 Å². The number of carboxylic acids is 1. The number of aliphatic carboxylic acids is 1. The molecule has 0 aliphatic rings. The molecule has 0 saturated carbocycles. The summed E-state index contributed by atoms with van der Waals surface area (Å²) in [5, 5.41) is 18.3. The minimum atomic E-state index is -0.837. The predicted molar refractivity (Wildman–Crippen MR) is 83.2 cm³/mol. The molecule has 1 unspecified atom stereocenters. The van der Waals surface area contributed by atoms with Gasteiger partial charge in [0.15, 0.2) is 0 Å². The molecule has 0 bridgehead atoms. The van der Waals surface area contributed by atoms with Crippen molar-refractivity contribution in [2.45, 2.75) is 25.8 Å². The highest BCUT2D eigenvalue weighted by atomic mass is 16.4. The molecule has 0 aliphatic heterocycles. The van der Waals surface area contributed by atoms with E-state index >= 15 is 0 Å². The van der Waals surface area contributed by atoms with Gasteiger partial charge < -0.3 is 10.0 Å². The normalized spacial score (nSPS) is 12.0. The maximum absolute atomic E-state index is 10.8. The Balaban J connectivity index is 2.91. The smallest absolute Gasteiger partial charge is 0.304 e. The van der Waals surface area contributed by atoms with E-state index < -0.39 is 12.0 Å². The van der Waals surface area contributed by atoms with Crippen LogP contribution < -0.4 is 4.90 Å². The van der Waals surface area contributed by atoms with Crippen LogP contribution in [-0.4, -0.2) is 43.2 Å². The van der Waals surface area contributed by atoms with Gasteiger partial charge in [-0.15, -0.1) is 0 Å². The maximum Gasteiger partial charge on any atom is 0.304 e. The third-order valence-corrected chi connectivity index (χ3v) is 3.34. The van der Waals surface area contributed by atoms with Crippen molar-refractivity contribution >= 4 is 11.7 Å². The number of carbonyl (C=O) groups is 1. The highest BCUT2D eigenvalue weighted by molar-refractivity contribution is 5.66. The van der Waals surface area contributed by atoms with Crippen LogP contribution in [0.1, 0.15) is 31.4 Å². The van der Waals surface area contributed by atoms with Crippen LogP contribution in [0.25, 0.3) is 0 Å². The van der Waals surface area contributed by atoms with Crippen LogP contribution in [0.15, 0.2) is 24.3 Å². The lowest BCUT2D eigenvalue weighted by Crippen LogP contribution is -2.31. The summed E-state index contributed by atoms with van der Waals surface area (Å²) in [7, 11) is 3.93. The SMILES string of the molecule is CCCN(CCC(=O)O)C(C#N)c1ccc(N(C)C)cc1. The molecule has 0 amide bonds. The van der Waals surface area contributed by atoms with Crippen LogP contribution in [0.4, 0.5) is 5.69 Å². The monoisotopic (exact) mass is 289 g/mol. The zero-order valence-corrected chi connectivity index (χ0v) is 12.9. The van der Waals surface area contributed by atoms with Gasteiger partial charge in [-0.25, -0.2) is 0 Å². The van der Waals surface area contributed by atoms with Crippen molar-refractivity contribution in [1.29, 1.82) is 5.26 Å². The zero-order chi connectivity index (χ0) is 15.8. The highest BCUT2D eigenvalue weighted by Crippen LogP contribution is 2.23. The Morgan fingerprint density at radius 1 is 1.29 bits per heavy atom. The molecule has 0 heterocycles. The quantitative estimate of drug-likeness (QED) is 0.796. The molecule has 0 aliphatic carbocycles. The van der Waals surface area contributed by atoms with Gasteiger partial charge in [0, 0.05) is 26.3 Å². The summed E-state index contributed by atoms with van der Waals surface area (Å²) in [4.78, 5) is 14.7. The minimum Gasteiger partial charge on any atom is -0.481 e. The first kappa shape index (κ1) is 17.0. The number of benzene rings is 1. The molecule has 0 aromatic heterocycles. The first-order valence-corrected chi connectivity index (χ1v) is 7.12. The van der Waals surface area contributed by atoms with E-state index in [2.05, 4.69) is 6.07 Å². The second-order valence-corrected chi connectivity index (χ2v) is 5.20. The van der Waals surface area contributed by atoms with Gasteiger partial charge in [-0.2, -0.15) is 5.26 Å². The summed E-state index contributed by atoms with van der Waals surface area (Å²) in [6.45, 7) is 3.12. The second kappa shape index (κ2) is 8.28. The lowest BCUT2D eigenvalue weighted by Gasteiger charge is -2.26. The van der Waals surface area contributed by atoms with Crippen LogP contribution >= 0.6 is 0 Å². The van der Waals surface area contributed by atoms with Crippen LogP contribution in [0.2, 0.25) is 0 Å². The van der Waals surface area contributed by atoms with Gasteiger partial charge in [0.25, 0.3) is 0 Å². The van der Waals surface area contributed by atoms with Crippen LogP contribution in [0, 0.1) is 11.3 Å². The molecule has 0 radical (unpaired) electrons. The average Bonchev–Trinajstić information content (AvgIpc) is 2.46. The Bertz CT molecular complexity index is 491. The summed E-state index contributed by atoms with van der Waals surface area (Å²) in [5.74, 6) is -0.837. The molecule has 21 heavy (non-hydrogen) atoms.